The van der Waals surface area contributed by atoms with E-state index >= 15 is 0 Å². The highest BCUT2D eigenvalue weighted by Gasteiger charge is 2.55. The first-order chi connectivity index (χ1) is 23.5. The molecule has 2 unspecified atom stereocenters. The van der Waals surface area contributed by atoms with E-state index in [0.717, 1.165) is 39.4 Å². The van der Waals surface area contributed by atoms with Crippen LogP contribution in [0.1, 0.15) is 34.7 Å². The molecule has 0 saturated carbocycles. The summed E-state index contributed by atoms with van der Waals surface area (Å²) in [4.78, 5) is 18.2. The van der Waals surface area contributed by atoms with Crippen molar-refractivity contribution in [1.29, 1.82) is 0 Å². The molecule has 0 N–H and O–H groups in total. The highest BCUT2D eigenvalue weighted by atomic mass is 16.7. The number of benzene rings is 4. The van der Waals surface area contributed by atoms with Gasteiger partial charge in [0.25, 0.3) is 0 Å². The maximum atomic E-state index is 6.31. The Balaban J connectivity index is 1.52. The predicted molar refractivity (Wildman–Crippen MR) is 188 cm³/mol. The standard InChI is InChI=1S/C40H38N4O4/c1-45-39(46-2)26-25-32(40(27-39,47-3)48-4)44-36(31-23-15-8-16-24-31)35(30-21-13-7-14-22-30)43-38(44)37-41-33(28-17-9-5-10-18-28)34(42-37)29-19-11-6-12-20-29/h5-26,32,36H,27H2,1-4H3. The van der Waals surface area contributed by atoms with Crippen LogP contribution in [0, 0.1) is 0 Å². The molecular weight excluding hydrogens is 600 g/mol. The van der Waals surface area contributed by atoms with E-state index in [1.165, 1.54) is 0 Å². The van der Waals surface area contributed by atoms with Crippen LogP contribution in [0.3, 0.4) is 0 Å². The molecule has 3 aliphatic rings. The highest BCUT2D eigenvalue weighted by molar-refractivity contribution is 6.55. The Bertz CT molecular complexity index is 1840. The van der Waals surface area contributed by atoms with Gasteiger partial charge in [-0.1, -0.05) is 127 Å². The average molecular weight is 639 g/mol. The topological polar surface area (TPSA) is 77.2 Å². The van der Waals surface area contributed by atoms with Crippen LogP contribution in [-0.2, 0) is 18.9 Å². The van der Waals surface area contributed by atoms with Crippen molar-refractivity contribution in [2.24, 2.45) is 15.0 Å². The van der Waals surface area contributed by atoms with Gasteiger partial charge < -0.3 is 23.8 Å². The Morgan fingerprint density at radius 1 is 0.583 bits per heavy atom. The third kappa shape index (κ3) is 5.52. The van der Waals surface area contributed by atoms with E-state index in [2.05, 4.69) is 53.4 Å². The van der Waals surface area contributed by atoms with E-state index in [1.54, 1.807) is 28.4 Å². The molecule has 2 aliphatic heterocycles. The molecule has 0 bridgehead atoms. The van der Waals surface area contributed by atoms with Gasteiger partial charge in [-0.15, -0.1) is 0 Å². The van der Waals surface area contributed by atoms with Crippen LogP contribution >= 0.6 is 0 Å². The summed E-state index contributed by atoms with van der Waals surface area (Å²) in [5.41, 5.74) is 6.42. The van der Waals surface area contributed by atoms with E-state index in [-0.39, 0.29) is 12.5 Å². The summed E-state index contributed by atoms with van der Waals surface area (Å²) >= 11 is 0. The summed E-state index contributed by atoms with van der Waals surface area (Å²) < 4.78 is 24.4. The summed E-state index contributed by atoms with van der Waals surface area (Å²) in [7, 11) is 6.54. The van der Waals surface area contributed by atoms with Crippen LogP contribution in [0.4, 0.5) is 0 Å². The monoisotopic (exact) mass is 638 g/mol. The fourth-order valence-electron chi connectivity index (χ4n) is 6.80. The fraction of sp³-hybridized carbons (Fsp3) is 0.225. The first kappa shape index (κ1) is 31.6. The zero-order chi connectivity index (χ0) is 33.1. The number of nitrogens with zero attached hydrogens (tertiary/aromatic N) is 4. The molecule has 0 aromatic heterocycles. The number of hydrogen-bond acceptors (Lipinski definition) is 8. The summed E-state index contributed by atoms with van der Waals surface area (Å²) in [6.07, 6.45) is 4.23. The third-order valence-electron chi connectivity index (χ3n) is 9.30. The Morgan fingerprint density at radius 3 is 1.54 bits per heavy atom. The molecule has 4 aromatic rings. The molecule has 1 aliphatic carbocycles. The van der Waals surface area contributed by atoms with Crippen molar-refractivity contribution in [2.75, 3.05) is 28.4 Å². The maximum absolute atomic E-state index is 6.31. The first-order valence-electron chi connectivity index (χ1n) is 16.0. The number of aliphatic imine (C=N–C) groups is 3. The molecule has 2 atom stereocenters. The van der Waals surface area contributed by atoms with Gasteiger partial charge in [0.2, 0.25) is 0 Å². The molecule has 0 fully saturated rings. The normalized spacial score (nSPS) is 21.2. The zero-order valence-corrected chi connectivity index (χ0v) is 27.5. The summed E-state index contributed by atoms with van der Waals surface area (Å²) in [5, 5.41) is 0. The fourth-order valence-corrected chi connectivity index (χ4v) is 6.80. The molecule has 0 radical (unpaired) electrons. The smallest absolute Gasteiger partial charge is 0.197 e. The Kier molecular flexibility index (Phi) is 8.73. The largest absolute Gasteiger partial charge is 0.351 e. The molecule has 0 spiro atoms. The van der Waals surface area contributed by atoms with Gasteiger partial charge in [-0.2, -0.15) is 0 Å². The van der Waals surface area contributed by atoms with Gasteiger partial charge in [-0.05, 0) is 17.2 Å². The average Bonchev–Trinajstić information content (AvgIpc) is 3.79. The van der Waals surface area contributed by atoms with Gasteiger partial charge in [-0.3, -0.25) is 0 Å². The highest BCUT2D eigenvalue weighted by Crippen LogP contribution is 2.47. The van der Waals surface area contributed by atoms with Crippen molar-refractivity contribution in [3.63, 3.8) is 0 Å². The minimum atomic E-state index is -1.20. The third-order valence-corrected chi connectivity index (χ3v) is 9.30. The lowest BCUT2D eigenvalue weighted by Crippen LogP contribution is -2.60. The number of methoxy groups -OCH3 is 4. The van der Waals surface area contributed by atoms with Crippen molar-refractivity contribution in [3.05, 3.63) is 167 Å². The Hall–Kier alpha value is -4.99. The molecule has 7 rings (SSSR count). The molecule has 8 nitrogen and oxygen atoms in total. The number of ether oxygens (including phenoxy) is 4. The van der Waals surface area contributed by atoms with Crippen molar-refractivity contribution < 1.29 is 18.9 Å². The van der Waals surface area contributed by atoms with Gasteiger partial charge in [0.15, 0.2) is 23.2 Å². The van der Waals surface area contributed by atoms with Crippen molar-refractivity contribution in [2.45, 2.75) is 30.1 Å². The maximum Gasteiger partial charge on any atom is 0.197 e. The van der Waals surface area contributed by atoms with E-state index < -0.39 is 17.6 Å². The molecule has 8 heteroatoms. The van der Waals surface area contributed by atoms with E-state index in [4.69, 9.17) is 33.9 Å². The lowest BCUT2D eigenvalue weighted by molar-refractivity contribution is -0.296. The van der Waals surface area contributed by atoms with Crippen molar-refractivity contribution >= 4 is 17.1 Å². The lowest BCUT2D eigenvalue weighted by atomic mass is 9.86. The number of rotatable bonds is 9. The molecular formula is C40H38N4O4. The zero-order valence-electron chi connectivity index (χ0n) is 27.5. The van der Waals surface area contributed by atoms with Gasteiger partial charge >= 0.3 is 0 Å². The molecule has 4 aromatic carbocycles. The van der Waals surface area contributed by atoms with Gasteiger partial charge in [0.1, 0.15) is 6.04 Å². The quantitative estimate of drug-likeness (QED) is 0.146. The number of hydrogen-bond donors (Lipinski definition) is 0. The SMILES string of the molecule is COC1(OC)C=CC(N2C(=C3N=C(c4ccccc4)C(c4ccccc4)=N3)N=C(c3ccccc3)C2c2ccccc2)C(OC)(OC)C1. The lowest BCUT2D eigenvalue weighted by Gasteiger charge is -2.50. The van der Waals surface area contributed by atoms with Crippen molar-refractivity contribution in [1.82, 2.24) is 4.90 Å². The Labute approximate surface area is 281 Å². The molecule has 48 heavy (non-hydrogen) atoms. The minimum absolute atomic E-state index is 0.263. The van der Waals surface area contributed by atoms with E-state index in [9.17, 15) is 0 Å². The van der Waals surface area contributed by atoms with Crippen LogP contribution in [-0.4, -0.2) is 68.1 Å². The van der Waals surface area contributed by atoms with Crippen LogP contribution < -0.4 is 0 Å². The first-order valence-corrected chi connectivity index (χ1v) is 16.0. The van der Waals surface area contributed by atoms with Gasteiger partial charge in [0.05, 0.1) is 29.6 Å². The Morgan fingerprint density at radius 2 is 1.06 bits per heavy atom. The van der Waals surface area contributed by atoms with Crippen LogP contribution in [0.5, 0.6) is 0 Å². The second kappa shape index (κ2) is 13.3. The molecule has 2 heterocycles. The molecule has 0 saturated heterocycles. The molecule has 0 amide bonds. The summed E-state index contributed by atoms with van der Waals surface area (Å²) in [5.74, 6) is -1.13. The predicted octanol–water partition coefficient (Wildman–Crippen LogP) is 6.96. The second-order valence-electron chi connectivity index (χ2n) is 11.8. The van der Waals surface area contributed by atoms with Crippen molar-refractivity contribution in [3.8, 4) is 0 Å². The van der Waals surface area contributed by atoms with Gasteiger partial charge in [0, 0.05) is 39.6 Å². The summed E-state index contributed by atoms with van der Waals surface area (Å²) in [6, 6.07) is 40.1. The second-order valence-corrected chi connectivity index (χ2v) is 11.8. The minimum Gasteiger partial charge on any atom is -0.351 e. The van der Waals surface area contributed by atoms with E-state index in [1.807, 2.05) is 84.9 Å². The van der Waals surface area contributed by atoms with E-state index in [0.29, 0.717) is 11.6 Å². The summed E-state index contributed by atoms with van der Waals surface area (Å²) in [6.45, 7) is 0. The van der Waals surface area contributed by atoms with Crippen LogP contribution in [0.25, 0.3) is 0 Å². The van der Waals surface area contributed by atoms with Crippen LogP contribution in [0.2, 0.25) is 0 Å². The molecule has 242 valence electrons. The van der Waals surface area contributed by atoms with Gasteiger partial charge in [-0.25, -0.2) is 15.0 Å². The van der Waals surface area contributed by atoms with Crippen LogP contribution in [0.15, 0.2) is 160 Å².